The molecule has 1 fully saturated rings. The number of nitrogens with one attached hydrogen (secondary N) is 1. The van der Waals surface area contributed by atoms with Crippen LogP contribution in [0.5, 0.6) is 5.75 Å². The fourth-order valence-corrected chi connectivity index (χ4v) is 3.52. The minimum absolute atomic E-state index is 0.00796. The average Bonchev–Trinajstić information content (AvgIpc) is 3.29. The van der Waals surface area contributed by atoms with Crippen molar-refractivity contribution in [2.45, 2.75) is 39.3 Å². The van der Waals surface area contributed by atoms with Gasteiger partial charge in [-0.15, -0.1) is 0 Å². The Morgan fingerprint density at radius 3 is 2.67 bits per heavy atom. The van der Waals surface area contributed by atoms with Gasteiger partial charge in [-0.2, -0.15) is 0 Å². The highest BCUT2D eigenvalue weighted by Gasteiger charge is 2.43. The molecule has 1 saturated heterocycles. The lowest BCUT2D eigenvalue weighted by molar-refractivity contribution is -0.129. The van der Waals surface area contributed by atoms with Gasteiger partial charge in [-0.25, -0.2) is 0 Å². The number of nitrogens with zero attached hydrogens (tertiary/aromatic N) is 2. The standard InChI is InChI=1S/C20H25N3O4/c1-4-14-10-16(27-22-14)12-21-20(25)17-11-18(24)23(5-2)19(17)13-6-8-15(26-3)9-7-13/h6-10,17,19H,4-5,11-12H2,1-3H3,(H,21,25)/t17-,19+/m1/s1. The van der Waals surface area contributed by atoms with Gasteiger partial charge in [0, 0.05) is 19.0 Å². The lowest BCUT2D eigenvalue weighted by Gasteiger charge is -2.27. The van der Waals surface area contributed by atoms with Gasteiger partial charge in [0.1, 0.15) is 5.75 Å². The van der Waals surface area contributed by atoms with Crippen LogP contribution in [-0.2, 0) is 22.6 Å². The fourth-order valence-electron chi connectivity index (χ4n) is 3.52. The molecular weight excluding hydrogens is 346 g/mol. The largest absolute Gasteiger partial charge is 0.497 e. The first-order chi connectivity index (χ1) is 13.1. The monoisotopic (exact) mass is 371 g/mol. The van der Waals surface area contributed by atoms with Crippen LogP contribution in [0.3, 0.4) is 0 Å². The van der Waals surface area contributed by atoms with Crippen LogP contribution in [0.15, 0.2) is 34.9 Å². The van der Waals surface area contributed by atoms with E-state index in [-0.39, 0.29) is 30.8 Å². The maximum absolute atomic E-state index is 12.8. The Bertz CT molecular complexity index is 800. The molecule has 144 valence electrons. The Hall–Kier alpha value is -2.83. The van der Waals surface area contributed by atoms with E-state index in [9.17, 15) is 9.59 Å². The number of carbonyl (C=O) groups is 2. The summed E-state index contributed by atoms with van der Waals surface area (Å²) in [6.45, 7) is 4.73. The molecule has 1 N–H and O–H groups in total. The number of aryl methyl sites for hydroxylation is 1. The van der Waals surface area contributed by atoms with Crippen molar-refractivity contribution in [2.75, 3.05) is 13.7 Å². The number of ether oxygens (including phenoxy) is 1. The zero-order valence-electron chi connectivity index (χ0n) is 15.9. The van der Waals surface area contributed by atoms with Crippen molar-refractivity contribution >= 4 is 11.8 Å². The van der Waals surface area contributed by atoms with Gasteiger partial charge in [-0.05, 0) is 31.0 Å². The maximum atomic E-state index is 12.8. The summed E-state index contributed by atoms with van der Waals surface area (Å²) in [5.41, 5.74) is 1.78. The van der Waals surface area contributed by atoms with E-state index in [0.717, 1.165) is 23.4 Å². The van der Waals surface area contributed by atoms with Gasteiger partial charge in [-0.1, -0.05) is 24.2 Å². The number of benzene rings is 1. The van der Waals surface area contributed by atoms with Crippen molar-refractivity contribution in [3.05, 3.63) is 47.3 Å². The number of amides is 2. The molecule has 0 aliphatic carbocycles. The van der Waals surface area contributed by atoms with E-state index in [1.165, 1.54) is 0 Å². The topological polar surface area (TPSA) is 84.7 Å². The van der Waals surface area contributed by atoms with Gasteiger partial charge in [0.25, 0.3) is 0 Å². The minimum Gasteiger partial charge on any atom is -0.497 e. The van der Waals surface area contributed by atoms with Crippen molar-refractivity contribution in [3.8, 4) is 5.75 Å². The first-order valence-electron chi connectivity index (χ1n) is 9.23. The van der Waals surface area contributed by atoms with E-state index in [2.05, 4.69) is 10.5 Å². The molecule has 2 aromatic rings. The highest BCUT2D eigenvalue weighted by molar-refractivity contribution is 5.90. The number of aromatic nitrogens is 1. The summed E-state index contributed by atoms with van der Waals surface area (Å²) < 4.78 is 10.4. The Morgan fingerprint density at radius 1 is 1.33 bits per heavy atom. The molecule has 7 nitrogen and oxygen atoms in total. The van der Waals surface area contributed by atoms with Gasteiger partial charge < -0.3 is 19.5 Å². The SMILES string of the molecule is CCc1cc(CNC(=O)[C@@H]2CC(=O)N(CC)[C@H]2c2ccc(OC)cc2)on1. The average molecular weight is 371 g/mol. The summed E-state index contributed by atoms with van der Waals surface area (Å²) in [4.78, 5) is 27.0. The van der Waals surface area contributed by atoms with Gasteiger partial charge in [0.05, 0.1) is 31.3 Å². The van der Waals surface area contributed by atoms with E-state index >= 15 is 0 Å². The Balaban J connectivity index is 1.76. The van der Waals surface area contributed by atoms with Gasteiger partial charge in [0.2, 0.25) is 11.8 Å². The molecule has 0 bridgehead atoms. The van der Waals surface area contributed by atoms with Crippen LogP contribution in [0, 0.1) is 5.92 Å². The zero-order chi connectivity index (χ0) is 19.4. The highest BCUT2D eigenvalue weighted by Crippen LogP contribution is 2.38. The third kappa shape index (κ3) is 3.97. The Kier molecular flexibility index (Phi) is 5.78. The minimum atomic E-state index is -0.445. The lowest BCUT2D eigenvalue weighted by atomic mass is 9.92. The van der Waals surface area contributed by atoms with E-state index in [1.807, 2.05) is 44.2 Å². The van der Waals surface area contributed by atoms with Crippen molar-refractivity contribution in [1.82, 2.24) is 15.4 Å². The van der Waals surface area contributed by atoms with E-state index in [4.69, 9.17) is 9.26 Å². The molecule has 2 amide bonds. The maximum Gasteiger partial charge on any atom is 0.226 e. The summed E-state index contributed by atoms with van der Waals surface area (Å²) >= 11 is 0. The fraction of sp³-hybridized carbons (Fsp3) is 0.450. The molecule has 0 spiro atoms. The van der Waals surface area contributed by atoms with Crippen molar-refractivity contribution in [3.63, 3.8) is 0 Å². The number of likely N-dealkylation sites (tertiary alicyclic amines) is 1. The predicted octanol–water partition coefficient (Wildman–Crippen LogP) is 2.47. The van der Waals surface area contributed by atoms with Crippen LogP contribution in [0.25, 0.3) is 0 Å². The van der Waals surface area contributed by atoms with Crippen LogP contribution >= 0.6 is 0 Å². The third-order valence-corrected chi connectivity index (χ3v) is 4.97. The van der Waals surface area contributed by atoms with E-state index < -0.39 is 5.92 Å². The Labute approximate surface area is 158 Å². The number of rotatable bonds is 7. The molecule has 7 heteroatoms. The zero-order valence-corrected chi connectivity index (χ0v) is 15.9. The third-order valence-electron chi connectivity index (χ3n) is 4.97. The summed E-state index contributed by atoms with van der Waals surface area (Å²) in [6, 6.07) is 9.07. The molecule has 3 rings (SSSR count). The Morgan fingerprint density at radius 2 is 2.07 bits per heavy atom. The van der Waals surface area contributed by atoms with Crippen LogP contribution in [0.1, 0.15) is 43.3 Å². The van der Waals surface area contributed by atoms with Gasteiger partial charge in [0.15, 0.2) is 5.76 Å². The van der Waals surface area contributed by atoms with E-state index in [0.29, 0.717) is 12.3 Å². The summed E-state index contributed by atoms with van der Waals surface area (Å²) in [5, 5.41) is 6.82. The molecule has 2 heterocycles. The number of hydrogen-bond donors (Lipinski definition) is 1. The summed E-state index contributed by atoms with van der Waals surface area (Å²) in [5.74, 6) is 0.738. The first kappa shape index (κ1) is 18.9. The van der Waals surface area contributed by atoms with Crippen molar-refractivity contribution in [1.29, 1.82) is 0 Å². The predicted molar refractivity (Wildman–Crippen MR) is 99.0 cm³/mol. The molecule has 0 saturated carbocycles. The lowest BCUT2D eigenvalue weighted by Crippen LogP contribution is -2.35. The van der Waals surface area contributed by atoms with Crippen molar-refractivity contribution in [2.24, 2.45) is 5.92 Å². The summed E-state index contributed by atoms with van der Waals surface area (Å²) in [7, 11) is 1.61. The quantitative estimate of drug-likeness (QED) is 0.808. The highest BCUT2D eigenvalue weighted by atomic mass is 16.5. The molecule has 1 aromatic heterocycles. The molecule has 1 aliphatic rings. The molecule has 27 heavy (non-hydrogen) atoms. The van der Waals surface area contributed by atoms with Crippen LogP contribution in [0.4, 0.5) is 0 Å². The molecular formula is C20H25N3O4. The normalized spacial score (nSPS) is 19.4. The molecule has 0 unspecified atom stereocenters. The summed E-state index contributed by atoms with van der Waals surface area (Å²) in [6.07, 6.45) is 0.979. The second kappa shape index (κ2) is 8.24. The van der Waals surface area contributed by atoms with Crippen molar-refractivity contribution < 1.29 is 18.8 Å². The molecule has 2 atom stereocenters. The second-order valence-electron chi connectivity index (χ2n) is 6.56. The van der Waals surface area contributed by atoms with Gasteiger partial charge in [-0.3, -0.25) is 9.59 Å². The molecule has 1 aromatic carbocycles. The van der Waals surface area contributed by atoms with Crippen LogP contribution < -0.4 is 10.1 Å². The van der Waals surface area contributed by atoms with Crippen LogP contribution in [-0.4, -0.2) is 35.5 Å². The number of methoxy groups -OCH3 is 1. The van der Waals surface area contributed by atoms with E-state index in [1.54, 1.807) is 12.0 Å². The van der Waals surface area contributed by atoms with Crippen LogP contribution in [0.2, 0.25) is 0 Å². The molecule has 1 aliphatic heterocycles. The first-order valence-corrected chi connectivity index (χ1v) is 9.23. The second-order valence-corrected chi connectivity index (χ2v) is 6.56. The smallest absolute Gasteiger partial charge is 0.226 e. The molecule has 0 radical (unpaired) electrons. The van der Waals surface area contributed by atoms with Gasteiger partial charge >= 0.3 is 0 Å². The number of hydrogen-bond acceptors (Lipinski definition) is 5. The number of carbonyl (C=O) groups excluding carboxylic acids is 2.